The lowest BCUT2D eigenvalue weighted by Gasteiger charge is -2.39. The summed E-state index contributed by atoms with van der Waals surface area (Å²) < 4.78 is 13.3. The summed E-state index contributed by atoms with van der Waals surface area (Å²) >= 11 is 6.03. The number of amides is 2. The van der Waals surface area contributed by atoms with Crippen LogP contribution in [0.4, 0.5) is 10.1 Å². The van der Waals surface area contributed by atoms with E-state index in [1.165, 1.54) is 12.1 Å². The van der Waals surface area contributed by atoms with Crippen LogP contribution in [0.15, 0.2) is 42.5 Å². The van der Waals surface area contributed by atoms with Crippen molar-refractivity contribution in [3.05, 3.63) is 64.4 Å². The monoisotopic (exact) mass is 429 g/mol. The third-order valence-electron chi connectivity index (χ3n) is 5.84. The molecule has 158 valence electrons. The van der Waals surface area contributed by atoms with Crippen molar-refractivity contribution in [2.45, 2.75) is 31.7 Å². The van der Waals surface area contributed by atoms with E-state index in [0.717, 1.165) is 56.0 Å². The topological polar surface area (TPSA) is 52.7 Å². The second kappa shape index (κ2) is 9.14. The van der Waals surface area contributed by atoms with Crippen molar-refractivity contribution < 1.29 is 14.0 Å². The number of nitrogens with zero attached hydrogens (tertiary/aromatic N) is 2. The molecule has 2 aliphatic heterocycles. The van der Waals surface area contributed by atoms with Crippen molar-refractivity contribution in [1.82, 2.24) is 9.80 Å². The van der Waals surface area contributed by atoms with Gasteiger partial charge in [0.2, 0.25) is 11.8 Å². The average Bonchev–Trinajstić information content (AvgIpc) is 2.76. The van der Waals surface area contributed by atoms with Crippen LogP contribution in [0.25, 0.3) is 0 Å². The number of piperidine rings is 1. The molecule has 2 heterocycles. The molecule has 1 saturated heterocycles. The standard InChI is InChI=1S/C23H25ClFN3O2/c24-19-14-17(25)8-9-20(19)26-21(29)15-28-13-10-16-6-2-3-7-18(16)22(28)23(30)27-11-4-1-5-12-27/h2-3,6-9,14,22H,1,4-5,10-13,15H2,(H,26,29)/t22-/m1/s1. The van der Waals surface area contributed by atoms with Gasteiger partial charge in [-0.05, 0) is 55.0 Å². The predicted molar refractivity (Wildman–Crippen MR) is 115 cm³/mol. The molecule has 1 atom stereocenters. The number of benzene rings is 2. The van der Waals surface area contributed by atoms with Gasteiger partial charge in [0.25, 0.3) is 0 Å². The van der Waals surface area contributed by atoms with Crippen LogP contribution in [-0.4, -0.2) is 47.8 Å². The number of carbonyl (C=O) groups is 2. The molecule has 4 rings (SSSR count). The quantitative estimate of drug-likeness (QED) is 0.798. The van der Waals surface area contributed by atoms with E-state index in [1.807, 2.05) is 28.0 Å². The molecule has 7 heteroatoms. The van der Waals surface area contributed by atoms with Crippen LogP contribution in [0, 0.1) is 5.82 Å². The molecular formula is C23H25ClFN3O2. The zero-order chi connectivity index (χ0) is 21.1. The second-order valence-corrected chi connectivity index (χ2v) is 8.29. The van der Waals surface area contributed by atoms with Crippen molar-refractivity contribution in [2.75, 3.05) is 31.5 Å². The Labute approximate surface area is 180 Å². The van der Waals surface area contributed by atoms with Gasteiger partial charge in [-0.25, -0.2) is 4.39 Å². The van der Waals surface area contributed by atoms with Crippen molar-refractivity contribution >= 4 is 29.1 Å². The van der Waals surface area contributed by atoms with Gasteiger partial charge in [0.15, 0.2) is 0 Å². The highest BCUT2D eigenvalue weighted by Gasteiger charge is 2.36. The Kier molecular flexibility index (Phi) is 6.35. The molecule has 2 aromatic carbocycles. The zero-order valence-electron chi connectivity index (χ0n) is 16.7. The van der Waals surface area contributed by atoms with Crippen molar-refractivity contribution in [3.8, 4) is 0 Å². The maximum absolute atomic E-state index is 13.4. The number of fused-ring (bicyclic) bond motifs is 1. The molecule has 0 spiro atoms. The summed E-state index contributed by atoms with van der Waals surface area (Å²) in [5, 5.41) is 2.89. The molecule has 2 aliphatic rings. The van der Waals surface area contributed by atoms with E-state index in [-0.39, 0.29) is 23.4 Å². The molecule has 2 aromatic rings. The van der Waals surface area contributed by atoms with Crippen LogP contribution in [0.3, 0.4) is 0 Å². The first kappa shape index (κ1) is 20.8. The summed E-state index contributed by atoms with van der Waals surface area (Å²) in [5.74, 6) is -0.674. The molecular weight excluding hydrogens is 405 g/mol. The fourth-order valence-corrected chi connectivity index (χ4v) is 4.54. The molecule has 5 nitrogen and oxygen atoms in total. The average molecular weight is 430 g/mol. The van der Waals surface area contributed by atoms with E-state index < -0.39 is 11.9 Å². The molecule has 0 saturated carbocycles. The van der Waals surface area contributed by atoms with Gasteiger partial charge in [0, 0.05) is 19.6 Å². The van der Waals surface area contributed by atoms with E-state index in [2.05, 4.69) is 11.4 Å². The van der Waals surface area contributed by atoms with E-state index in [1.54, 1.807) is 0 Å². The second-order valence-electron chi connectivity index (χ2n) is 7.88. The predicted octanol–water partition coefficient (Wildman–Crippen LogP) is 4.03. The van der Waals surface area contributed by atoms with Crippen LogP contribution in [0.1, 0.15) is 36.4 Å². The van der Waals surface area contributed by atoms with Crippen molar-refractivity contribution in [2.24, 2.45) is 0 Å². The van der Waals surface area contributed by atoms with Gasteiger partial charge in [-0.1, -0.05) is 35.9 Å². The maximum atomic E-state index is 13.4. The molecule has 30 heavy (non-hydrogen) atoms. The lowest BCUT2D eigenvalue weighted by Crippen LogP contribution is -2.49. The molecule has 0 radical (unpaired) electrons. The van der Waals surface area contributed by atoms with Gasteiger partial charge in [0.1, 0.15) is 11.9 Å². The minimum Gasteiger partial charge on any atom is -0.341 e. The van der Waals surface area contributed by atoms with Crippen LogP contribution in [0.5, 0.6) is 0 Å². The Hall–Kier alpha value is -2.44. The molecule has 0 unspecified atom stereocenters. The van der Waals surface area contributed by atoms with Gasteiger partial charge in [0.05, 0.1) is 17.3 Å². The first-order valence-electron chi connectivity index (χ1n) is 10.4. The SMILES string of the molecule is O=C(CN1CCc2ccccc2[C@@H]1C(=O)N1CCCCC1)Nc1ccc(F)cc1Cl. The van der Waals surface area contributed by atoms with Gasteiger partial charge in [-0.2, -0.15) is 0 Å². The van der Waals surface area contributed by atoms with Crippen molar-refractivity contribution in [1.29, 1.82) is 0 Å². The number of rotatable bonds is 4. The molecule has 0 aliphatic carbocycles. The van der Waals surface area contributed by atoms with Gasteiger partial charge >= 0.3 is 0 Å². The fraction of sp³-hybridized carbons (Fsp3) is 0.391. The summed E-state index contributed by atoms with van der Waals surface area (Å²) in [6, 6.07) is 11.4. The van der Waals surface area contributed by atoms with Gasteiger partial charge in [-0.3, -0.25) is 14.5 Å². The molecule has 1 fully saturated rings. The van der Waals surface area contributed by atoms with Crippen LogP contribution in [0.2, 0.25) is 5.02 Å². The smallest absolute Gasteiger partial charge is 0.244 e. The van der Waals surface area contributed by atoms with Crippen molar-refractivity contribution in [3.63, 3.8) is 0 Å². The number of anilines is 1. The Balaban J connectivity index is 1.54. The maximum Gasteiger partial charge on any atom is 0.244 e. The van der Waals surface area contributed by atoms with Crippen LogP contribution >= 0.6 is 11.6 Å². The highest BCUT2D eigenvalue weighted by atomic mass is 35.5. The van der Waals surface area contributed by atoms with E-state index in [9.17, 15) is 14.0 Å². The Morgan fingerprint density at radius 1 is 1.07 bits per heavy atom. The largest absolute Gasteiger partial charge is 0.341 e. The van der Waals surface area contributed by atoms with E-state index in [4.69, 9.17) is 11.6 Å². The number of hydrogen-bond acceptors (Lipinski definition) is 3. The molecule has 0 bridgehead atoms. The third-order valence-corrected chi connectivity index (χ3v) is 6.15. The Bertz CT molecular complexity index is 946. The summed E-state index contributed by atoms with van der Waals surface area (Å²) in [6.45, 7) is 2.21. The first-order valence-corrected chi connectivity index (χ1v) is 10.8. The Morgan fingerprint density at radius 2 is 1.83 bits per heavy atom. The van der Waals surface area contributed by atoms with E-state index >= 15 is 0 Å². The molecule has 2 amide bonds. The van der Waals surface area contributed by atoms with Gasteiger partial charge < -0.3 is 10.2 Å². The van der Waals surface area contributed by atoms with Crippen LogP contribution < -0.4 is 5.32 Å². The number of nitrogens with one attached hydrogen (secondary N) is 1. The molecule has 1 N–H and O–H groups in total. The lowest BCUT2D eigenvalue weighted by molar-refractivity contribution is -0.139. The normalized spacial score (nSPS) is 19.3. The summed E-state index contributed by atoms with van der Waals surface area (Å²) in [4.78, 5) is 30.1. The van der Waals surface area contributed by atoms with Crippen LogP contribution in [-0.2, 0) is 16.0 Å². The number of halogens is 2. The molecule has 0 aromatic heterocycles. The third kappa shape index (κ3) is 4.50. The summed E-state index contributed by atoms with van der Waals surface area (Å²) in [5.41, 5.74) is 2.50. The highest BCUT2D eigenvalue weighted by molar-refractivity contribution is 6.33. The minimum atomic E-state index is -0.470. The lowest BCUT2D eigenvalue weighted by atomic mass is 9.91. The fourth-order valence-electron chi connectivity index (χ4n) is 4.33. The number of likely N-dealkylation sites (tertiary alicyclic amines) is 1. The summed E-state index contributed by atoms with van der Waals surface area (Å²) in [7, 11) is 0. The Morgan fingerprint density at radius 3 is 2.60 bits per heavy atom. The van der Waals surface area contributed by atoms with E-state index in [0.29, 0.717) is 12.2 Å². The number of carbonyl (C=O) groups excluding carboxylic acids is 2. The minimum absolute atomic E-state index is 0.0618. The summed E-state index contributed by atoms with van der Waals surface area (Å²) in [6.07, 6.45) is 3.97. The first-order chi connectivity index (χ1) is 14.5. The highest BCUT2D eigenvalue weighted by Crippen LogP contribution is 2.32. The van der Waals surface area contributed by atoms with Gasteiger partial charge in [-0.15, -0.1) is 0 Å². The number of hydrogen-bond donors (Lipinski definition) is 1. The zero-order valence-corrected chi connectivity index (χ0v) is 17.5.